The summed E-state index contributed by atoms with van der Waals surface area (Å²) in [5, 5.41) is 0. The third-order valence-corrected chi connectivity index (χ3v) is 5.73. The predicted octanol–water partition coefficient (Wildman–Crippen LogP) is 2.75. The SMILES string of the molecule is COc1ccc(N2CCN(C(=O)c3cc(N4CCCCC4)nc(C)n3)CC2)cc1. The first-order chi connectivity index (χ1) is 14.1. The lowest BCUT2D eigenvalue weighted by atomic mass is 10.1. The molecule has 0 bridgehead atoms. The van der Waals surface area contributed by atoms with Crippen molar-refractivity contribution in [3.05, 3.63) is 41.9 Å². The summed E-state index contributed by atoms with van der Waals surface area (Å²) in [5.74, 6) is 2.40. The van der Waals surface area contributed by atoms with E-state index < -0.39 is 0 Å². The van der Waals surface area contributed by atoms with Gasteiger partial charge in [-0.05, 0) is 50.5 Å². The third-order valence-electron chi connectivity index (χ3n) is 5.73. The summed E-state index contributed by atoms with van der Waals surface area (Å²) in [7, 11) is 1.67. The predicted molar refractivity (Wildman–Crippen MR) is 114 cm³/mol. The number of amides is 1. The molecule has 7 heteroatoms. The molecule has 1 amide bonds. The van der Waals surface area contributed by atoms with Gasteiger partial charge in [0.15, 0.2) is 0 Å². The first-order valence-electron chi connectivity index (χ1n) is 10.4. The molecule has 1 aromatic carbocycles. The number of carbonyl (C=O) groups is 1. The molecule has 0 atom stereocenters. The number of piperazine rings is 1. The van der Waals surface area contributed by atoms with Crippen molar-refractivity contribution in [1.82, 2.24) is 14.9 Å². The van der Waals surface area contributed by atoms with Gasteiger partial charge >= 0.3 is 0 Å². The summed E-state index contributed by atoms with van der Waals surface area (Å²) >= 11 is 0. The van der Waals surface area contributed by atoms with E-state index in [9.17, 15) is 4.79 Å². The lowest BCUT2D eigenvalue weighted by Crippen LogP contribution is -2.49. The number of nitrogens with zero attached hydrogens (tertiary/aromatic N) is 5. The van der Waals surface area contributed by atoms with E-state index in [0.717, 1.165) is 43.4 Å². The molecule has 0 N–H and O–H groups in total. The topological polar surface area (TPSA) is 61.8 Å². The smallest absolute Gasteiger partial charge is 0.272 e. The first-order valence-corrected chi connectivity index (χ1v) is 10.4. The van der Waals surface area contributed by atoms with E-state index in [2.05, 4.69) is 31.9 Å². The molecule has 3 heterocycles. The molecule has 2 aliphatic rings. The fourth-order valence-electron chi connectivity index (χ4n) is 4.07. The molecule has 154 valence electrons. The van der Waals surface area contributed by atoms with Crippen LogP contribution in [0.4, 0.5) is 11.5 Å². The van der Waals surface area contributed by atoms with Crippen molar-refractivity contribution < 1.29 is 9.53 Å². The van der Waals surface area contributed by atoms with Gasteiger partial charge in [0.05, 0.1) is 7.11 Å². The van der Waals surface area contributed by atoms with E-state index in [0.29, 0.717) is 24.6 Å². The Bertz CT molecular complexity index is 841. The lowest BCUT2D eigenvalue weighted by molar-refractivity contribution is 0.0740. The summed E-state index contributed by atoms with van der Waals surface area (Å²) < 4.78 is 5.23. The van der Waals surface area contributed by atoms with Crippen molar-refractivity contribution in [2.45, 2.75) is 26.2 Å². The molecule has 0 spiro atoms. The Kier molecular flexibility index (Phi) is 5.83. The van der Waals surface area contributed by atoms with Gasteiger partial charge in [-0.25, -0.2) is 9.97 Å². The van der Waals surface area contributed by atoms with Crippen molar-refractivity contribution >= 4 is 17.4 Å². The minimum Gasteiger partial charge on any atom is -0.497 e. The zero-order valence-corrected chi connectivity index (χ0v) is 17.3. The molecule has 2 fully saturated rings. The van der Waals surface area contributed by atoms with Crippen LogP contribution in [-0.2, 0) is 0 Å². The quantitative estimate of drug-likeness (QED) is 0.793. The highest BCUT2D eigenvalue weighted by Crippen LogP contribution is 2.22. The largest absolute Gasteiger partial charge is 0.497 e. The number of benzene rings is 1. The number of carbonyl (C=O) groups excluding carboxylic acids is 1. The van der Waals surface area contributed by atoms with Crippen molar-refractivity contribution in [2.24, 2.45) is 0 Å². The summed E-state index contributed by atoms with van der Waals surface area (Å²) in [6, 6.07) is 9.94. The zero-order valence-electron chi connectivity index (χ0n) is 17.3. The molecule has 0 radical (unpaired) electrons. The number of aromatic nitrogens is 2. The number of ether oxygens (including phenoxy) is 1. The number of methoxy groups -OCH3 is 1. The molecule has 2 aromatic rings. The molecule has 2 saturated heterocycles. The molecule has 1 aromatic heterocycles. The third kappa shape index (κ3) is 4.44. The monoisotopic (exact) mass is 395 g/mol. The molecule has 0 aliphatic carbocycles. The Labute approximate surface area is 172 Å². The minimum atomic E-state index is 0.00291. The van der Waals surface area contributed by atoms with Gasteiger partial charge in [-0.15, -0.1) is 0 Å². The number of aryl methyl sites for hydroxylation is 1. The van der Waals surface area contributed by atoms with Gasteiger partial charge in [0.1, 0.15) is 23.1 Å². The van der Waals surface area contributed by atoms with E-state index in [1.165, 1.54) is 19.3 Å². The van der Waals surface area contributed by atoms with Crippen LogP contribution in [0.5, 0.6) is 5.75 Å². The van der Waals surface area contributed by atoms with Gasteiger partial charge in [-0.3, -0.25) is 4.79 Å². The summed E-state index contributed by atoms with van der Waals surface area (Å²) in [6.45, 7) is 6.86. The Morgan fingerprint density at radius 2 is 1.59 bits per heavy atom. The summed E-state index contributed by atoms with van der Waals surface area (Å²) in [5.41, 5.74) is 1.67. The Hall–Kier alpha value is -2.83. The van der Waals surface area contributed by atoms with Gasteiger partial charge in [-0.1, -0.05) is 0 Å². The van der Waals surface area contributed by atoms with Crippen LogP contribution in [0.1, 0.15) is 35.6 Å². The Balaban J connectivity index is 1.42. The molecule has 7 nitrogen and oxygen atoms in total. The average molecular weight is 396 g/mol. The molecule has 4 rings (SSSR count). The van der Waals surface area contributed by atoms with Gasteiger partial charge in [0.2, 0.25) is 0 Å². The van der Waals surface area contributed by atoms with E-state index in [1.54, 1.807) is 7.11 Å². The average Bonchev–Trinajstić information content (AvgIpc) is 2.79. The lowest BCUT2D eigenvalue weighted by Gasteiger charge is -2.36. The van der Waals surface area contributed by atoms with Crippen LogP contribution in [0, 0.1) is 6.92 Å². The Morgan fingerprint density at radius 3 is 2.24 bits per heavy atom. The van der Waals surface area contributed by atoms with Crippen LogP contribution in [0.25, 0.3) is 0 Å². The number of hydrogen-bond acceptors (Lipinski definition) is 6. The number of hydrogen-bond donors (Lipinski definition) is 0. The van der Waals surface area contributed by atoms with Crippen LogP contribution in [0.15, 0.2) is 30.3 Å². The highest BCUT2D eigenvalue weighted by atomic mass is 16.5. The number of anilines is 2. The summed E-state index contributed by atoms with van der Waals surface area (Å²) in [6.07, 6.45) is 3.63. The van der Waals surface area contributed by atoms with Crippen LogP contribution >= 0.6 is 0 Å². The molecular weight excluding hydrogens is 366 g/mol. The highest BCUT2D eigenvalue weighted by molar-refractivity contribution is 5.93. The fourth-order valence-corrected chi connectivity index (χ4v) is 4.07. The van der Waals surface area contributed by atoms with Crippen molar-refractivity contribution in [3.8, 4) is 5.75 Å². The zero-order chi connectivity index (χ0) is 20.2. The number of piperidine rings is 1. The normalized spacial score (nSPS) is 17.4. The fraction of sp³-hybridized carbons (Fsp3) is 0.500. The van der Waals surface area contributed by atoms with Crippen molar-refractivity contribution in [2.75, 3.05) is 56.2 Å². The van der Waals surface area contributed by atoms with Gasteiger partial charge in [-0.2, -0.15) is 0 Å². The second-order valence-electron chi connectivity index (χ2n) is 7.68. The molecule has 2 aliphatic heterocycles. The standard InChI is InChI=1S/C22H29N5O2/c1-17-23-20(16-21(24-17)26-10-4-3-5-11-26)22(28)27-14-12-25(13-15-27)18-6-8-19(29-2)9-7-18/h6-9,16H,3-5,10-15H2,1-2H3. The van der Waals surface area contributed by atoms with Gasteiger partial charge in [0, 0.05) is 51.0 Å². The number of rotatable bonds is 4. The minimum absolute atomic E-state index is 0.00291. The van der Waals surface area contributed by atoms with Crippen LogP contribution in [-0.4, -0.2) is 67.2 Å². The molecular formula is C22H29N5O2. The molecule has 0 unspecified atom stereocenters. The molecule has 0 saturated carbocycles. The van der Waals surface area contributed by atoms with Crippen molar-refractivity contribution in [1.29, 1.82) is 0 Å². The van der Waals surface area contributed by atoms with Crippen molar-refractivity contribution in [3.63, 3.8) is 0 Å². The second-order valence-corrected chi connectivity index (χ2v) is 7.68. The maximum Gasteiger partial charge on any atom is 0.272 e. The molecule has 29 heavy (non-hydrogen) atoms. The van der Waals surface area contributed by atoms with Crippen LogP contribution < -0.4 is 14.5 Å². The van der Waals surface area contributed by atoms with E-state index in [1.807, 2.05) is 30.0 Å². The van der Waals surface area contributed by atoms with Gasteiger partial charge in [0.25, 0.3) is 5.91 Å². The van der Waals surface area contributed by atoms with E-state index in [-0.39, 0.29) is 5.91 Å². The van der Waals surface area contributed by atoms with E-state index in [4.69, 9.17) is 4.74 Å². The second kappa shape index (κ2) is 8.68. The van der Waals surface area contributed by atoms with Gasteiger partial charge < -0.3 is 19.4 Å². The van der Waals surface area contributed by atoms with Crippen LogP contribution in [0.2, 0.25) is 0 Å². The Morgan fingerprint density at radius 1 is 0.897 bits per heavy atom. The maximum absolute atomic E-state index is 13.1. The van der Waals surface area contributed by atoms with E-state index >= 15 is 0 Å². The first kappa shape index (κ1) is 19.5. The summed E-state index contributed by atoms with van der Waals surface area (Å²) in [4.78, 5) is 28.6. The highest BCUT2D eigenvalue weighted by Gasteiger charge is 2.25. The van der Waals surface area contributed by atoms with Crippen LogP contribution in [0.3, 0.4) is 0 Å². The maximum atomic E-state index is 13.1.